The molecular formula is C20H27ClN6O2. The number of halogens is 1. The second-order valence-electron chi connectivity index (χ2n) is 7.91. The zero-order valence-electron chi connectivity index (χ0n) is 16.3. The number of benzene rings is 1. The van der Waals surface area contributed by atoms with Gasteiger partial charge in [-0.15, -0.1) is 10.2 Å². The lowest BCUT2D eigenvalue weighted by molar-refractivity contribution is -0.142. The minimum absolute atomic E-state index is 0.200. The van der Waals surface area contributed by atoms with Crippen molar-refractivity contribution in [2.75, 3.05) is 26.2 Å². The van der Waals surface area contributed by atoms with E-state index in [-0.39, 0.29) is 6.04 Å². The molecule has 0 radical (unpaired) electrons. The number of primary amides is 1. The molecule has 0 saturated carbocycles. The van der Waals surface area contributed by atoms with Crippen molar-refractivity contribution in [3.05, 3.63) is 34.9 Å². The summed E-state index contributed by atoms with van der Waals surface area (Å²) in [4.78, 5) is 16.4. The van der Waals surface area contributed by atoms with Crippen LogP contribution in [0.5, 0.6) is 0 Å². The normalized spacial score (nSPS) is 26.3. The van der Waals surface area contributed by atoms with Crippen LogP contribution in [-0.4, -0.2) is 71.8 Å². The summed E-state index contributed by atoms with van der Waals surface area (Å²) in [6.45, 7) is 2.83. The summed E-state index contributed by atoms with van der Waals surface area (Å²) in [5.74, 6) is 1.13. The van der Waals surface area contributed by atoms with Crippen molar-refractivity contribution in [3.63, 3.8) is 0 Å². The number of rotatable bonds is 4. The second kappa shape index (κ2) is 8.69. The van der Waals surface area contributed by atoms with Gasteiger partial charge in [-0.3, -0.25) is 9.69 Å². The molecule has 3 heterocycles. The van der Waals surface area contributed by atoms with Gasteiger partial charge in [0.05, 0.1) is 13.0 Å². The molecule has 0 aliphatic carbocycles. The highest BCUT2D eigenvalue weighted by Crippen LogP contribution is 2.26. The third-order valence-electron chi connectivity index (χ3n) is 5.97. The highest BCUT2D eigenvalue weighted by molar-refractivity contribution is 6.30. The summed E-state index contributed by atoms with van der Waals surface area (Å²) in [6.07, 6.45) is 2.90. The van der Waals surface area contributed by atoms with Crippen molar-refractivity contribution < 1.29 is 9.53 Å². The first-order valence-electron chi connectivity index (χ1n) is 10.0. The maximum atomic E-state index is 11.7. The van der Waals surface area contributed by atoms with E-state index in [2.05, 4.69) is 20.0 Å². The van der Waals surface area contributed by atoms with Crippen LogP contribution < -0.4 is 11.5 Å². The topological polar surface area (TPSA) is 110 Å². The monoisotopic (exact) mass is 418 g/mol. The van der Waals surface area contributed by atoms with Crippen LogP contribution in [0, 0.1) is 0 Å². The molecule has 8 nitrogen and oxygen atoms in total. The predicted octanol–water partition coefficient (Wildman–Crippen LogP) is 0.976. The summed E-state index contributed by atoms with van der Waals surface area (Å²) in [6, 6.07) is 8.48. The Kier molecular flexibility index (Phi) is 6.03. The molecule has 0 bridgehead atoms. The molecule has 1 aromatic carbocycles. The van der Waals surface area contributed by atoms with Crippen molar-refractivity contribution in [3.8, 4) is 0 Å². The van der Waals surface area contributed by atoms with E-state index in [0.29, 0.717) is 31.4 Å². The second-order valence-corrected chi connectivity index (χ2v) is 8.34. The van der Waals surface area contributed by atoms with E-state index in [1.54, 1.807) is 0 Å². The van der Waals surface area contributed by atoms with Gasteiger partial charge in [-0.2, -0.15) is 0 Å². The van der Waals surface area contributed by atoms with E-state index in [9.17, 15) is 4.79 Å². The number of morpholine rings is 1. The van der Waals surface area contributed by atoms with Gasteiger partial charge in [-0.25, -0.2) is 0 Å². The Morgan fingerprint density at radius 1 is 1.21 bits per heavy atom. The van der Waals surface area contributed by atoms with Crippen molar-refractivity contribution in [1.29, 1.82) is 0 Å². The average Bonchev–Trinajstić information content (AvgIpc) is 3.16. The summed E-state index contributed by atoms with van der Waals surface area (Å²) in [5.41, 5.74) is 12.5. The molecular weight excluding hydrogens is 392 g/mol. The lowest BCUT2D eigenvalue weighted by atomic mass is 9.96. The first kappa shape index (κ1) is 20.1. The SMILES string of the molecule is NC(=O)[C@H]1CN(C2CCN(C3=NN=C(N)C3)CC2)[C@@H](Cc2ccc(Cl)cc2)CO1. The van der Waals surface area contributed by atoms with E-state index in [1.807, 2.05) is 24.3 Å². The fourth-order valence-corrected chi connectivity index (χ4v) is 4.52. The number of nitrogens with two attached hydrogens (primary N) is 2. The van der Waals surface area contributed by atoms with E-state index in [0.717, 1.165) is 43.2 Å². The third-order valence-corrected chi connectivity index (χ3v) is 6.22. The highest BCUT2D eigenvalue weighted by atomic mass is 35.5. The summed E-state index contributed by atoms with van der Waals surface area (Å²) in [7, 11) is 0. The Morgan fingerprint density at radius 3 is 2.55 bits per heavy atom. The number of ether oxygens (including phenoxy) is 1. The maximum Gasteiger partial charge on any atom is 0.247 e. The van der Waals surface area contributed by atoms with Crippen LogP contribution in [0.25, 0.3) is 0 Å². The molecule has 2 saturated heterocycles. The van der Waals surface area contributed by atoms with Crippen LogP contribution in [0.3, 0.4) is 0 Å². The van der Waals surface area contributed by atoms with Gasteiger partial charge in [-0.1, -0.05) is 23.7 Å². The van der Waals surface area contributed by atoms with Gasteiger partial charge < -0.3 is 21.1 Å². The van der Waals surface area contributed by atoms with Gasteiger partial charge in [0.1, 0.15) is 17.8 Å². The molecule has 0 aromatic heterocycles. The van der Waals surface area contributed by atoms with E-state index in [1.165, 1.54) is 5.56 Å². The van der Waals surface area contributed by atoms with E-state index < -0.39 is 12.0 Å². The molecule has 9 heteroatoms. The molecule has 29 heavy (non-hydrogen) atoms. The Balaban J connectivity index is 1.42. The lowest BCUT2D eigenvalue weighted by Gasteiger charge is -2.46. The molecule has 4 rings (SSSR count). The largest absolute Gasteiger partial charge is 0.385 e. The summed E-state index contributed by atoms with van der Waals surface area (Å²) >= 11 is 6.02. The Morgan fingerprint density at radius 2 is 1.93 bits per heavy atom. The molecule has 1 amide bonds. The molecule has 0 unspecified atom stereocenters. The van der Waals surface area contributed by atoms with Crippen molar-refractivity contribution in [2.24, 2.45) is 21.7 Å². The first-order valence-corrected chi connectivity index (χ1v) is 10.4. The molecule has 0 spiro atoms. The van der Waals surface area contributed by atoms with Gasteiger partial charge in [0.2, 0.25) is 5.91 Å². The molecule has 2 fully saturated rings. The smallest absolute Gasteiger partial charge is 0.247 e. The van der Waals surface area contributed by atoms with E-state index >= 15 is 0 Å². The minimum Gasteiger partial charge on any atom is -0.385 e. The minimum atomic E-state index is -0.554. The number of carbonyl (C=O) groups excluding carboxylic acids is 1. The molecule has 2 atom stereocenters. The van der Waals surface area contributed by atoms with Crippen LogP contribution in [0.4, 0.5) is 0 Å². The summed E-state index contributed by atoms with van der Waals surface area (Å²) in [5, 5.41) is 8.87. The highest BCUT2D eigenvalue weighted by Gasteiger charge is 2.37. The number of nitrogens with zero attached hydrogens (tertiary/aromatic N) is 4. The fraction of sp³-hybridized carbons (Fsp3) is 0.550. The number of amides is 1. The zero-order valence-corrected chi connectivity index (χ0v) is 17.1. The van der Waals surface area contributed by atoms with Crippen molar-refractivity contribution in [1.82, 2.24) is 9.80 Å². The van der Waals surface area contributed by atoms with Crippen LogP contribution >= 0.6 is 11.6 Å². The fourth-order valence-electron chi connectivity index (χ4n) is 4.39. The number of carbonyl (C=O) groups is 1. The number of hydrogen-bond acceptors (Lipinski definition) is 7. The van der Waals surface area contributed by atoms with Crippen LogP contribution in [0.2, 0.25) is 5.02 Å². The van der Waals surface area contributed by atoms with Gasteiger partial charge >= 0.3 is 0 Å². The molecule has 156 valence electrons. The van der Waals surface area contributed by atoms with Gasteiger partial charge in [0, 0.05) is 36.7 Å². The zero-order chi connectivity index (χ0) is 20.4. The average molecular weight is 419 g/mol. The third kappa shape index (κ3) is 4.71. The van der Waals surface area contributed by atoms with Crippen LogP contribution in [-0.2, 0) is 16.0 Å². The first-order chi connectivity index (χ1) is 14.0. The Labute approximate surface area is 175 Å². The van der Waals surface area contributed by atoms with Crippen molar-refractivity contribution in [2.45, 2.75) is 43.9 Å². The number of hydrogen-bond donors (Lipinski definition) is 2. The Bertz CT molecular complexity index is 804. The lowest BCUT2D eigenvalue weighted by Crippen LogP contribution is -2.59. The molecule has 3 aliphatic heterocycles. The standard InChI is InChI=1S/C20H27ClN6O2/c21-14-3-1-13(2-4-14)9-16-12-29-17(20(23)28)11-27(16)15-5-7-26(8-6-15)19-10-18(22)24-25-19/h1-4,15-17H,5-12H2,(H2,22,24)(H2,23,28)/t16-,17+/m0/s1. The van der Waals surface area contributed by atoms with Gasteiger partial charge in [0.15, 0.2) is 0 Å². The molecule has 1 aromatic rings. The number of likely N-dealkylation sites (tertiary alicyclic amines) is 1. The predicted molar refractivity (Wildman–Crippen MR) is 113 cm³/mol. The Hall–Kier alpha value is -2.16. The number of amidine groups is 2. The van der Waals surface area contributed by atoms with Crippen molar-refractivity contribution >= 4 is 29.2 Å². The molecule has 3 aliphatic rings. The maximum absolute atomic E-state index is 11.7. The van der Waals surface area contributed by atoms with E-state index in [4.69, 9.17) is 27.8 Å². The van der Waals surface area contributed by atoms with Crippen LogP contribution in [0.15, 0.2) is 34.5 Å². The van der Waals surface area contributed by atoms with Crippen LogP contribution in [0.1, 0.15) is 24.8 Å². The van der Waals surface area contributed by atoms with Gasteiger partial charge in [-0.05, 0) is 37.0 Å². The number of piperidine rings is 1. The summed E-state index contributed by atoms with van der Waals surface area (Å²) < 4.78 is 5.78. The van der Waals surface area contributed by atoms with Gasteiger partial charge in [0.25, 0.3) is 0 Å². The quantitative estimate of drug-likeness (QED) is 0.757. The molecule has 4 N–H and O–H groups in total.